The molecule has 0 radical (unpaired) electrons. The standard InChI is InChI=1S/C17H21ClN2O/c1-10-7-12(3)15(8-11(10)2)17(20-19)14-6-5-13(18)9-16(14)21-4/h5-9,17,20H,19H2,1-4H3. The summed E-state index contributed by atoms with van der Waals surface area (Å²) in [6, 6.07) is 9.80. The maximum absolute atomic E-state index is 6.04. The number of hydrogen-bond donors (Lipinski definition) is 2. The van der Waals surface area contributed by atoms with Crippen LogP contribution in [0.1, 0.15) is 33.9 Å². The van der Waals surface area contributed by atoms with E-state index in [9.17, 15) is 0 Å². The number of hydrazine groups is 1. The van der Waals surface area contributed by atoms with Crippen LogP contribution in [0.15, 0.2) is 30.3 Å². The third-order valence-corrected chi connectivity index (χ3v) is 4.10. The molecule has 0 aliphatic rings. The smallest absolute Gasteiger partial charge is 0.125 e. The molecule has 4 heteroatoms. The van der Waals surface area contributed by atoms with Crippen LogP contribution in [0.3, 0.4) is 0 Å². The van der Waals surface area contributed by atoms with E-state index in [0.29, 0.717) is 5.02 Å². The fraction of sp³-hybridized carbons (Fsp3) is 0.294. The third kappa shape index (κ3) is 3.21. The highest BCUT2D eigenvalue weighted by Gasteiger charge is 2.19. The SMILES string of the molecule is COc1cc(Cl)ccc1C(NN)c1cc(C)c(C)cc1C. The van der Waals surface area contributed by atoms with E-state index < -0.39 is 0 Å². The van der Waals surface area contributed by atoms with Crippen LogP contribution in [-0.4, -0.2) is 7.11 Å². The minimum Gasteiger partial charge on any atom is -0.496 e. The molecule has 0 spiro atoms. The Bertz CT molecular complexity index is 655. The van der Waals surface area contributed by atoms with Crippen LogP contribution in [0.25, 0.3) is 0 Å². The minimum atomic E-state index is -0.142. The summed E-state index contributed by atoms with van der Waals surface area (Å²) in [5, 5.41) is 0.642. The molecular formula is C17H21ClN2O. The molecule has 2 aromatic rings. The maximum Gasteiger partial charge on any atom is 0.125 e. The van der Waals surface area contributed by atoms with Gasteiger partial charge in [-0.15, -0.1) is 0 Å². The number of halogens is 1. The Kier molecular flexibility index (Phi) is 4.88. The molecule has 0 aliphatic carbocycles. The summed E-state index contributed by atoms with van der Waals surface area (Å²) >= 11 is 6.04. The lowest BCUT2D eigenvalue weighted by atomic mass is 9.91. The van der Waals surface area contributed by atoms with Crippen molar-refractivity contribution in [3.8, 4) is 5.75 Å². The van der Waals surface area contributed by atoms with Gasteiger partial charge in [-0.3, -0.25) is 5.84 Å². The van der Waals surface area contributed by atoms with Crippen molar-refractivity contribution in [2.45, 2.75) is 26.8 Å². The highest BCUT2D eigenvalue weighted by molar-refractivity contribution is 6.30. The van der Waals surface area contributed by atoms with Gasteiger partial charge in [0.15, 0.2) is 0 Å². The van der Waals surface area contributed by atoms with Crippen molar-refractivity contribution in [3.05, 3.63) is 63.2 Å². The summed E-state index contributed by atoms with van der Waals surface area (Å²) in [6.07, 6.45) is 0. The predicted octanol–water partition coefficient (Wildman–Crippen LogP) is 3.83. The van der Waals surface area contributed by atoms with Gasteiger partial charge in [0.2, 0.25) is 0 Å². The lowest BCUT2D eigenvalue weighted by Crippen LogP contribution is -2.29. The van der Waals surface area contributed by atoms with Gasteiger partial charge in [-0.2, -0.15) is 0 Å². The second-order valence-corrected chi connectivity index (χ2v) is 5.72. The third-order valence-electron chi connectivity index (χ3n) is 3.87. The van der Waals surface area contributed by atoms with Crippen LogP contribution in [0.2, 0.25) is 5.02 Å². The second kappa shape index (κ2) is 6.48. The second-order valence-electron chi connectivity index (χ2n) is 5.28. The van der Waals surface area contributed by atoms with Gasteiger partial charge in [-0.05, 0) is 55.2 Å². The minimum absolute atomic E-state index is 0.142. The molecule has 0 amide bonds. The van der Waals surface area contributed by atoms with Crippen LogP contribution in [-0.2, 0) is 0 Å². The maximum atomic E-state index is 6.04. The van der Waals surface area contributed by atoms with Gasteiger partial charge in [0.05, 0.1) is 13.2 Å². The zero-order valence-corrected chi connectivity index (χ0v) is 13.6. The van der Waals surface area contributed by atoms with Crippen molar-refractivity contribution in [1.82, 2.24) is 5.43 Å². The van der Waals surface area contributed by atoms with Crippen LogP contribution in [0.4, 0.5) is 0 Å². The molecule has 21 heavy (non-hydrogen) atoms. The van der Waals surface area contributed by atoms with E-state index in [1.54, 1.807) is 13.2 Å². The number of nitrogens with one attached hydrogen (secondary N) is 1. The van der Waals surface area contributed by atoms with Crippen molar-refractivity contribution >= 4 is 11.6 Å². The first-order valence-corrected chi connectivity index (χ1v) is 7.23. The van der Waals surface area contributed by atoms with Crippen molar-refractivity contribution in [2.24, 2.45) is 5.84 Å². The summed E-state index contributed by atoms with van der Waals surface area (Å²) in [7, 11) is 1.63. The van der Waals surface area contributed by atoms with Gasteiger partial charge in [-0.1, -0.05) is 29.8 Å². The number of nitrogens with two attached hydrogens (primary N) is 1. The monoisotopic (exact) mass is 304 g/mol. The average molecular weight is 305 g/mol. The number of benzene rings is 2. The number of hydrogen-bond acceptors (Lipinski definition) is 3. The summed E-state index contributed by atoms with van der Waals surface area (Å²) in [4.78, 5) is 0. The summed E-state index contributed by atoms with van der Waals surface area (Å²) in [5.41, 5.74) is 8.71. The lowest BCUT2D eigenvalue weighted by molar-refractivity contribution is 0.404. The highest BCUT2D eigenvalue weighted by Crippen LogP contribution is 2.34. The van der Waals surface area contributed by atoms with Crippen molar-refractivity contribution in [1.29, 1.82) is 0 Å². The van der Waals surface area contributed by atoms with E-state index in [2.05, 4.69) is 38.3 Å². The van der Waals surface area contributed by atoms with Gasteiger partial charge in [0.25, 0.3) is 0 Å². The first kappa shape index (κ1) is 15.8. The Hall–Kier alpha value is -1.55. The zero-order chi connectivity index (χ0) is 15.6. The first-order valence-electron chi connectivity index (χ1n) is 6.85. The fourth-order valence-electron chi connectivity index (χ4n) is 2.56. The van der Waals surface area contributed by atoms with E-state index in [-0.39, 0.29) is 6.04 Å². The Labute approximate surface area is 131 Å². The summed E-state index contributed by atoms with van der Waals surface area (Å²) < 4.78 is 5.44. The zero-order valence-electron chi connectivity index (χ0n) is 12.8. The topological polar surface area (TPSA) is 47.3 Å². The van der Waals surface area contributed by atoms with Gasteiger partial charge < -0.3 is 4.74 Å². The molecule has 3 N–H and O–H groups in total. The molecule has 0 fully saturated rings. The van der Waals surface area contributed by atoms with E-state index in [0.717, 1.165) is 16.9 Å². The molecule has 2 aromatic carbocycles. The average Bonchev–Trinajstić information content (AvgIpc) is 2.46. The van der Waals surface area contributed by atoms with E-state index in [1.165, 1.54) is 16.7 Å². The molecule has 1 atom stereocenters. The Balaban J connectivity index is 2.57. The molecule has 0 heterocycles. The molecule has 3 nitrogen and oxygen atoms in total. The molecule has 0 saturated heterocycles. The van der Waals surface area contributed by atoms with Crippen molar-refractivity contribution < 1.29 is 4.74 Å². The Morgan fingerprint density at radius 2 is 1.67 bits per heavy atom. The summed E-state index contributed by atoms with van der Waals surface area (Å²) in [6.45, 7) is 6.30. The molecule has 112 valence electrons. The summed E-state index contributed by atoms with van der Waals surface area (Å²) in [5.74, 6) is 6.54. The lowest BCUT2D eigenvalue weighted by Gasteiger charge is -2.22. The first-order chi connectivity index (χ1) is 9.97. The molecular weight excluding hydrogens is 284 g/mol. The van der Waals surface area contributed by atoms with Gasteiger partial charge in [0.1, 0.15) is 5.75 Å². The number of aryl methyl sites for hydroxylation is 3. The van der Waals surface area contributed by atoms with Crippen LogP contribution in [0, 0.1) is 20.8 Å². The fourth-order valence-corrected chi connectivity index (χ4v) is 2.73. The number of methoxy groups -OCH3 is 1. The van der Waals surface area contributed by atoms with Crippen molar-refractivity contribution in [2.75, 3.05) is 7.11 Å². The van der Waals surface area contributed by atoms with Crippen LogP contribution >= 0.6 is 11.6 Å². The molecule has 0 aromatic heterocycles. The number of ether oxygens (including phenoxy) is 1. The Morgan fingerprint density at radius 1 is 1.00 bits per heavy atom. The number of rotatable bonds is 4. The van der Waals surface area contributed by atoms with Crippen LogP contribution < -0.4 is 16.0 Å². The molecule has 0 saturated carbocycles. The Morgan fingerprint density at radius 3 is 2.29 bits per heavy atom. The van der Waals surface area contributed by atoms with E-state index >= 15 is 0 Å². The van der Waals surface area contributed by atoms with Gasteiger partial charge in [-0.25, -0.2) is 5.43 Å². The largest absolute Gasteiger partial charge is 0.496 e. The van der Waals surface area contributed by atoms with Gasteiger partial charge >= 0.3 is 0 Å². The van der Waals surface area contributed by atoms with Gasteiger partial charge in [0, 0.05) is 10.6 Å². The predicted molar refractivity (Wildman–Crippen MR) is 87.8 cm³/mol. The highest BCUT2D eigenvalue weighted by atomic mass is 35.5. The quantitative estimate of drug-likeness (QED) is 0.666. The molecule has 1 unspecified atom stereocenters. The van der Waals surface area contributed by atoms with Crippen molar-refractivity contribution in [3.63, 3.8) is 0 Å². The van der Waals surface area contributed by atoms with E-state index in [4.69, 9.17) is 22.2 Å². The molecule has 2 rings (SSSR count). The van der Waals surface area contributed by atoms with Crippen LogP contribution in [0.5, 0.6) is 5.75 Å². The van der Waals surface area contributed by atoms with E-state index in [1.807, 2.05) is 12.1 Å². The molecule has 0 aliphatic heterocycles. The normalized spacial score (nSPS) is 12.3. The molecule has 0 bridgehead atoms.